The van der Waals surface area contributed by atoms with E-state index in [1.54, 1.807) is 85.8 Å². The Hall–Kier alpha value is -4.66. The number of hydrogen-bond acceptors (Lipinski definition) is 11. The Bertz CT molecular complexity index is 2840. The van der Waals surface area contributed by atoms with Crippen molar-refractivity contribution in [2.45, 2.75) is 30.6 Å². The fraction of sp³-hybridized carbons (Fsp3) is 0.0769. The van der Waals surface area contributed by atoms with Crippen LogP contribution in [0.2, 0.25) is 0 Å². The number of anilines is 3. The Morgan fingerprint density at radius 3 is 1.72 bits per heavy atom. The minimum absolute atomic E-state index is 0. The first kappa shape index (κ1) is 46.0. The van der Waals surface area contributed by atoms with Gasteiger partial charge in [0.25, 0.3) is 32.1 Å². The number of carbonyl (C=O) groups excluding carboxylic acids is 2. The summed E-state index contributed by atoms with van der Waals surface area (Å²) < 4.78 is 66.4. The van der Waals surface area contributed by atoms with E-state index in [-0.39, 0.29) is 87.4 Å². The molecule has 0 aliphatic heterocycles. The van der Waals surface area contributed by atoms with Crippen molar-refractivity contribution in [1.29, 1.82) is 0 Å². The number of hydrogen-bond donors (Lipinski definition) is 5. The number of azo groups is 2. The summed E-state index contributed by atoms with van der Waals surface area (Å²) in [4.78, 5) is 24.2. The number of nitrogens with zero attached hydrogens (tertiary/aromatic N) is 4. The molecular formula is C39H33N7Na2O8S2. The summed E-state index contributed by atoms with van der Waals surface area (Å²) >= 11 is 0. The largest absolute Gasteiger partial charge is 0.399 e. The Morgan fingerprint density at radius 2 is 1.12 bits per heavy atom. The van der Waals surface area contributed by atoms with Crippen LogP contribution in [0.4, 0.5) is 39.8 Å². The van der Waals surface area contributed by atoms with Crippen LogP contribution in [-0.4, -0.2) is 96.9 Å². The third-order valence-corrected chi connectivity index (χ3v) is 10.3. The molecule has 0 fully saturated rings. The molecule has 58 heavy (non-hydrogen) atoms. The molecule has 0 atom stereocenters. The molecule has 0 aromatic heterocycles. The monoisotopic (exact) mass is 837 g/mol. The van der Waals surface area contributed by atoms with Crippen molar-refractivity contribution in [2.75, 3.05) is 16.4 Å². The van der Waals surface area contributed by atoms with Gasteiger partial charge in [-0.2, -0.15) is 37.3 Å². The summed E-state index contributed by atoms with van der Waals surface area (Å²) in [5, 5.41) is 23.0. The Balaban J connectivity index is 0.00000372. The minimum atomic E-state index is -4.86. The van der Waals surface area contributed by atoms with Crippen LogP contribution < -0.4 is 16.4 Å². The van der Waals surface area contributed by atoms with Crippen LogP contribution in [0.3, 0.4) is 0 Å². The molecule has 0 aliphatic carbocycles. The fourth-order valence-electron chi connectivity index (χ4n) is 5.53. The molecule has 286 valence electrons. The van der Waals surface area contributed by atoms with Gasteiger partial charge in [-0.05, 0) is 146 Å². The maximum Gasteiger partial charge on any atom is 0.295 e. The Labute approximate surface area is 378 Å². The molecule has 6 rings (SSSR count). The number of carbonyl (C=O) groups is 2. The molecule has 6 aromatic rings. The fourth-order valence-corrected chi connectivity index (χ4v) is 6.88. The second-order valence-electron chi connectivity index (χ2n) is 12.7. The molecular weight excluding hydrogens is 805 g/mol. The Morgan fingerprint density at radius 1 is 0.569 bits per heavy atom. The molecule has 2 amide bonds. The van der Waals surface area contributed by atoms with E-state index in [1.165, 1.54) is 18.2 Å². The normalized spacial score (nSPS) is 11.6. The van der Waals surface area contributed by atoms with Crippen LogP contribution in [0.25, 0.3) is 10.8 Å². The van der Waals surface area contributed by atoms with Crippen LogP contribution in [0.15, 0.2) is 139 Å². The van der Waals surface area contributed by atoms with Gasteiger partial charge in [0, 0.05) is 92.7 Å². The molecule has 0 spiro atoms. The zero-order valence-electron chi connectivity index (χ0n) is 31.9. The van der Waals surface area contributed by atoms with E-state index in [9.17, 15) is 35.5 Å². The SMILES string of the molecule is Cc1cc(N=Nc2cc(C)c(NC(=O)c3ccc(NC(=O)c4ccc(N)cc4)cc3)cc2C)ccc1N=Nc1ccc2cc(S(=O)(=O)O)cc(S(=O)(=O)O)c2c1.[Na].[Na]. The zero-order valence-corrected chi connectivity index (χ0v) is 37.6. The summed E-state index contributed by atoms with van der Waals surface area (Å²) in [6, 6.07) is 27.7. The summed E-state index contributed by atoms with van der Waals surface area (Å²) in [5.41, 5.74) is 12.3. The topological polar surface area (TPSA) is 242 Å². The van der Waals surface area contributed by atoms with Gasteiger partial charge < -0.3 is 16.4 Å². The van der Waals surface area contributed by atoms with Crippen molar-refractivity contribution in [2.24, 2.45) is 20.5 Å². The number of nitrogen functional groups attached to an aromatic ring is 1. The van der Waals surface area contributed by atoms with Gasteiger partial charge in [-0.25, -0.2) is 0 Å². The van der Waals surface area contributed by atoms with Crippen molar-refractivity contribution in [3.05, 3.63) is 137 Å². The smallest absolute Gasteiger partial charge is 0.295 e. The first-order valence-electron chi connectivity index (χ1n) is 16.6. The molecule has 6 aromatic carbocycles. The van der Waals surface area contributed by atoms with E-state index in [4.69, 9.17) is 5.73 Å². The third kappa shape index (κ3) is 11.3. The van der Waals surface area contributed by atoms with Gasteiger partial charge in [0.2, 0.25) is 0 Å². The number of nitrogens with two attached hydrogens (primary N) is 1. The molecule has 0 saturated carbocycles. The van der Waals surface area contributed by atoms with E-state index >= 15 is 0 Å². The van der Waals surface area contributed by atoms with Crippen molar-refractivity contribution in [3.63, 3.8) is 0 Å². The van der Waals surface area contributed by atoms with Gasteiger partial charge >= 0.3 is 0 Å². The van der Waals surface area contributed by atoms with Crippen molar-refractivity contribution in [1.82, 2.24) is 0 Å². The third-order valence-electron chi connectivity index (χ3n) is 8.54. The molecule has 2 radical (unpaired) electrons. The van der Waals surface area contributed by atoms with E-state index < -0.39 is 30.0 Å². The molecule has 0 unspecified atom stereocenters. The van der Waals surface area contributed by atoms with E-state index in [1.807, 2.05) is 13.8 Å². The van der Waals surface area contributed by atoms with Crippen LogP contribution in [0.5, 0.6) is 0 Å². The van der Waals surface area contributed by atoms with Crippen molar-refractivity contribution < 1.29 is 35.5 Å². The van der Waals surface area contributed by atoms with Crippen molar-refractivity contribution >= 4 is 142 Å². The average Bonchev–Trinajstić information content (AvgIpc) is 3.14. The first-order chi connectivity index (χ1) is 26.4. The van der Waals surface area contributed by atoms with Crippen LogP contribution in [-0.2, 0) is 20.2 Å². The quantitative estimate of drug-likeness (QED) is 0.0384. The predicted molar refractivity (Wildman–Crippen MR) is 224 cm³/mol. The standard InChI is InChI=1S/C39H33N7O8S2.2Na/c1-22-16-30(14-15-34(22)45-44-31-13-8-27-19-32(55(49,50)51)21-37(33(27)20-31)56(52,53)54)43-46-36-18-23(2)35(17-24(36)3)42-39(48)26-6-11-29(12-7-26)41-38(47)25-4-9-28(40)10-5-25;;/h4-21H,40H2,1-3H3,(H,41,47)(H,42,48)(H,49,50,51)(H,52,53,54);;. The van der Waals surface area contributed by atoms with Gasteiger partial charge in [0.15, 0.2) is 0 Å². The van der Waals surface area contributed by atoms with E-state index in [0.717, 1.165) is 17.2 Å². The number of fused-ring (bicyclic) bond motifs is 1. The summed E-state index contributed by atoms with van der Waals surface area (Å²) in [5.74, 6) is -0.630. The average molecular weight is 838 g/mol. The first-order valence-corrected chi connectivity index (χ1v) is 19.5. The predicted octanol–water partition coefficient (Wildman–Crippen LogP) is 8.41. The van der Waals surface area contributed by atoms with Gasteiger partial charge in [-0.1, -0.05) is 6.07 Å². The second-order valence-corrected chi connectivity index (χ2v) is 15.5. The van der Waals surface area contributed by atoms with Crippen molar-refractivity contribution in [3.8, 4) is 0 Å². The molecule has 19 heteroatoms. The minimum Gasteiger partial charge on any atom is -0.399 e. The van der Waals surface area contributed by atoms with E-state index in [0.29, 0.717) is 56.9 Å². The summed E-state index contributed by atoms with van der Waals surface area (Å²) in [7, 11) is -9.61. The number of benzene rings is 6. The molecule has 15 nitrogen and oxygen atoms in total. The number of aryl methyl sites for hydroxylation is 3. The summed E-state index contributed by atoms with van der Waals surface area (Å²) in [6.07, 6.45) is 0. The van der Waals surface area contributed by atoms with Gasteiger partial charge in [-0.3, -0.25) is 18.7 Å². The molecule has 0 saturated heterocycles. The second kappa shape index (κ2) is 18.9. The maximum absolute atomic E-state index is 13.1. The number of amides is 2. The summed E-state index contributed by atoms with van der Waals surface area (Å²) in [6.45, 7) is 5.47. The molecule has 0 aliphatic rings. The molecule has 0 heterocycles. The maximum atomic E-state index is 13.1. The Kier molecular flexibility index (Phi) is 15.0. The van der Waals surface area contributed by atoms with Gasteiger partial charge in [0.05, 0.1) is 27.6 Å². The van der Waals surface area contributed by atoms with Crippen LogP contribution in [0.1, 0.15) is 37.4 Å². The van der Waals surface area contributed by atoms with Crippen LogP contribution >= 0.6 is 0 Å². The zero-order chi connectivity index (χ0) is 40.4. The van der Waals surface area contributed by atoms with E-state index in [2.05, 4.69) is 31.1 Å². The van der Waals surface area contributed by atoms with Gasteiger partial charge in [-0.15, -0.1) is 0 Å². The number of nitrogens with one attached hydrogen (secondary N) is 2. The number of rotatable bonds is 10. The molecule has 0 bridgehead atoms. The molecule has 6 N–H and O–H groups in total. The van der Waals surface area contributed by atoms with Crippen LogP contribution in [0, 0.1) is 20.8 Å². The van der Waals surface area contributed by atoms with Gasteiger partial charge in [0.1, 0.15) is 4.90 Å².